The van der Waals surface area contributed by atoms with E-state index in [0.717, 1.165) is 19.8 Å². The molecule has 1 rings (SSSR count). The van der Waals surface area contributed by atoms with Gasteiger partial charge in [0.25, 0.3) is 0 Å². The topological polar surface area (TPSA) is 24.5 Å². The van der Waals surface area contributed by atoms with Crippen molar-refractivity contribution in [2.75, 3.05) is 39.4 Å². The Morgan fingerprint density at radius 2 is 2.00 bits per heavy atom. The van der Waals surface area contributed by atoms with Crippen molar-refractivity contribution < 1.29 is 4.74 Å². The van der Waals surface area contributed by atoms with Crippen molar-refractivity contribution in [2.45, 2.75) is 45.6 Å². The molecule has 1 saturated heterocycles. The van der Waals surface area contributed by atoms with E-state index >= 15 is 0 Å². The fourth-order valence-corrected chi connectivity index (χ4v) is 2.14. The molecule has 0 aromatic heterocycles. The number of rotatable bonds is 9. The molecule has 0 saturated carbocycles. The van der Waals surface area contributed by atoms with Gasteiger partial charge in [-0.1, -0.05) is 13.3 Å². The zero-order valence-corrected chi connectivity index (χ0v) is 11.0. The quantitative estimate of drug-likeness (QED) is 0.610. The van der Waals surface area contributed by atoms with Gasteiger partial charge in [0.2, 0.25) is 0 Å². The van der Waals surface area contributed by atoms with Gasteiger partial charge < -0.3 is 15.0 Å². The minimum absolute atomic E-state index is 0.591. The van der Waals surface area contributed by atoms with E-state index in [1.807, 2.05) is 0 Å². The molecule has 1 unspecified atom stereocenters. The maximum Gasteiger partial charge on any atom is 0.0591 e. The summed E-state index contributed by atoms with van der Waals surface area (Å²) >= 11 is 0. The predicted octanol–water partition coefficient (Wildman–Crippen LogP) is 1.88. The molecule has 96 valence electrons. The maximum atomic E-state index is 5.52. The van der Waals surface area contributed by atoms with Crippen molar-refractivity contribution in [1.82, 2.24) is 10.2 Å². The molecule has 0 aromatic rings. The largest absolute Gasteiger partial charge is 0.380 e. The zero-order valence-electron chi connectivity index (χ0n) is 11.0. The number of unbranched alkanes of at least 4 members (excludes halogenated alkanes) is 1. The first-order valence-electron chi connectivity index (χ1n) is 6.86. The van der Waals surface area contributed by atoms with Crippen LogP contribution in [0.3, 0.4) is 0 Å². The second-order valence-corrected chi connectivity index (χ2v) is 4.83. The van der Waals surface area contributed by atoms with E-state index in [4.69, 9.17) is 4.74 Å². The van der Waals surface area contributed by atoms with Crippen molar-refractivity contribution in [2.24, 2.45) is 0 Å². The summed E-state index contributed by atoms with van der Waals surface area (Å²) < 4.78 is 5.52. The van der Waals surface area contributed by atoms with Crippen LogP contribution in [0.25, 0.3) is 0 Å². The summed E-state index contributed by atoms with van der Waals surface area (Å²) in [7, 11) is 0. The van der Waals surface area contributed by atoms with Gasteiger partial charge >= 0.3 is 0 Å². The van der Waals surface area contributed by atoms with Crippen molar-refractivity contribution in [1.29, 1.82) is 0 Å². The second-order valence-electron chi connectivity index (χ2n) is 4.83. The molecule has 3 heteroatoms. The Bertz CT molecular complexity index is 158. The van der Waals surface area contributed by atoms with Crippen LogP contribution in [0.1, 0.15) is 39.5 Å². The lowest BCUT2D eigenvalue weighted by molar-refractivity contribution is 0.130. The third-order valence-corrected chi connectivity index (χ3v) is 3.11. The Kier molecular flexibility index (Phi) is 7.81. The molecule has 1 aliphatic heterocycles. The van der Waals surface area contributed by atoms with Crippen LogP contribution >= 0.6 is 0 Å². The predicted molar refractivity (Wildman–Crippen MR) is 68.9 cm³/mol. The summed E-state index contributed by atoms with van der Waals surface area (Å²) in [6.45, 7) is 11.0. The molecule has 16 heavy (non-hydrogen) atoms. The average Bonchev–Trinajstić information content (AvgIpc) is 2.76. The Morgan fingerprint density at radius 1 is 1.25 bits per heavy atom. The molecule has 3 nitrogen and oxygen atoms in total. The summed E-state index contributed by atoms with van der Waals surface area (Å²) in [5.74, 6) is 0. The summed E-state index contributed by atoms with van der Waals surface area (Å²) in [5, 5.41) is 3.52. The second kappa shape index (κ2) is 8.97. The van der Waals surface area contributed by atoms with Gasteiger partial charge in [-0.2, -0.15) is 0 Å². The summed E-state index contributed by atoms with van der Waals surface area (Å²) in [5.41, 5.74) is 0. The number of nitrogens with one attached hydrogen (secondary N) is 1. The molecule has 0 spiro atoms. The van der Waals surface area contributed by atoms with Gasteiger partial charge in [0.15, 0.2) is 0 Å². The average molecular weight is 228 g/mol. The molecule has 1 aliphatic rings. The van der Waals surface area contributed by atoms with Gasteiger partial charge in [-0.25, -0.2) is 0 Å². The minimum Gasteiger partial charge on any atom is -0.380 e. The van der Waals surface area contributed by atoms with E-state index in [1.165, 1.54) is 45.3 Å². The van der Waals surface area contributed by atoms with E-state index in [9.17, 15) is 0 Å². The first kappa shape index (κ1) is 13.9. The summed E-state index contributed by atoms with van der Waals surface area (Å²) in [6, 6.07) is 0.591. The minimum atomic E-state index is 0.591. The molecule has 0 radical (unpaired) electrons. The van der Waals surface area contributed by atoms with Crippen LogP contribution in [0, 0.1) is 0 Å². The van der Waals surface area contributed by atoms with Gasteiger partial charge in [0.05, 0.1) is 6.61 Å². The van der Waals surface area contributed by atoms with E-state index in [0.29, 0.717) is 6.04 Å². The molecular weight excluding hydrogens is 200 g/mol. The standard InChI is InChI=1S/C13H28N2O/c1-3-4-10-16-11-7-14-13(2)12-15-8-5-6-9-15/h13-14H,3-12H2,1-2H3. The van der Waals surface area contributed by atoms with E-state index in [-0.39, 0.29) is 0 Å². The fraction of sp³-hybridized carbons (Fsp3) is 1.00. The number of likely N-dealkylation sites (tertiary alicyclic amines) is 1. The molecule has 1 heterocycles. The number of ether oxygens (including phenoxy) is 1. The number of nitrogens with zero attached hydrogens (tertiary/aromatic N) is 1. The van der Waals surface area contributed by atoms with Crippen LogP contribution < -0.4 is 5.32 Å². The van der Waals surface area contributed by atoms with Gasteiger partial charge in [-0.15, -0.1) is 0 Å². The lowest BCUT2D eigenvalue weighted by atomic mass is 10.3. The normalized spacial score (nSPS) is 19.1. The van der Waals surface area contributed by atoms with Gasteiger partial charge in [0, 0.05) is 25.7 Å². The fourth-order valence-electron chi connectivity index (χ4n) is 2.14. The zero-order chi connectivity index (χ0) is 11.6. The van der Waals surface area contributed by atoms with E-state index in [1.54, 1.807) is 0 Å². The Labute approximate surface area is 101 Å². The maximum absolute atomic E-state index is 5.52. The van der Waals surface area contributed by atoms with Crippen LogP contribution in [0.2, 0.25) is 0 Å². The first-order valence-corrected chi connectivity index (χ1v) is 6.86. The highest BCUT2D eigenvalue weighted by molar-refractivity contribution is 4.72. The molecule has 0 amide bonds. The third kappa shape index (κ3) is 6.46. The molecule has 1 N–H and O–H groups in total. The highest BCUT2D eigenvalue weighted by atomic mass is 16.5. The van der Waals surface area contributed by atoms with Crippen LogP contribution in [-0.4, -0.2) is 50.3 Å². The molecule has 0 aromatic carbocycles. The molecular formula is C13H28N2O. The summed E-state index contributed by atoms with van der Waals surface area (Å²) in [6.07, 6.45) is 5.17. The van der Waals surface area contributed by atoms with E-state index < -0.39 is 0 Å². The lowest BCUT2D eigenvalue weighted by Gasteiger charge is -2.21. The Morgan fingerprint density at radius 3 is 2.69 bits per heavy atom. The number of hydrogen-bond donors (Lipinski definition) is 1. The highest BCUT2D eigenvalue weighted by Crippen LogP contribution is 2.07. The third-order valence-electron chi connectivity index (χ3n) is 3.11. The van der Waals surface area contributed by atoms with Gasteiger partial charge in [-0.05, 0) is 39.3 Å². The first-order chi connectivity index (χ1) is 7.83. The Balaban J connectivity index is 1.87. The summed E-state index contributed by atoms with van der Waals surface area (Å²) in [4.78, 5) is 2.55. The van der Waals surface area contributed by atoms with Crippen LogP contribution in [0.5, 0.6) is 0 Å². The van der Waals surface area contributed by atoms with Crippen molar-refractivity contribution in [3.05, 3.63) is 0 Å². The highest BCUT2D eigenvalue weighted by Gasteiger charge is 2.13. The van der Waals surface area contributed by atoms with Crippen molar-refractivity contribution in [3.63, 3.8) is 0 Å². The van der Waals surface area contributed by atoms with Gasteiger partial charge in [-0.3, -0.25) is 0 Å². The van der Waals surface area contributed by atoms with Crippen LogP contribution in [-0.2, 0) is 4.74 Å². The molecule has 0 bridgehead atoms. The van der Waals surface area contributed by atoms with Gasteiger partial charge in [0.1, 0.15) is 0 Å². The van der Waals surface area contributed by atoms with Crippen molar-refractivity contribution >= 4 is 0 Å². The molecule has 1 atom stereocenters. The SMILES string of the molecule is CCCCOCCNC(C)CN1CCCC1. The monoisotopic (exact) mass is 228 g/mol. The van der Waals surface area contributed by atoms with E-state index in [2.05, 4.69) is 24.1 Å². The van der Waals surface area contributed by atoms with Crippen LogP contribution in [0.4, 0.5) is 0 Å². The molecule has 1 fully saturated rings. The number of hydrogen-bond acceptors (Lipinski definition) is 3. The van der Waals surface area contributed by atoms with Crippen molar-refractivity contribution in [3.8, 4) is 0 Å². The molecule has 0 aliphatic carbocycles. The van der Waals surface area contributed by atoms with Crippen LogP contribution in [0.15, 0.2) is 0 Å². The lowest BCUT2D eigenvalue weighted by Crippen LogP contribution is -2.39. The smallest absolute Gasteiger partial charge is 0.0591 e. The Hall–Kier alpha value is -0.120.